The van der Waals surface area contributed by atoms with Gasteiger partial charge in [-0.3, -0.25) is 4.79 Å². The van der Waals surface area contributed by atoms with Crippen molar-refractivity contribution in [1.82, 2.24) is 4.90 Å². The quantitative estimate of drug-likeness (QED) is 0.923. The first-order valence-corrected chi connectivity index (χ1v) is 7.32. The highest BCUT2D eigenvalue weighted by Gasteiger charge is 2.34. The van der Waals surface area contributed by atoms with Crippen molar-refractivity contribution in [2.75, 3.05) is 0 Å². The first kappa shape index (κ1) is 15.3. The number of fused-ring (bicyclic) bond motifs is 1. The van der Waals surface area contributed by atoms with E-state index in [2.05, 4.69) is 0 Å². The molecule has 5 nitrogen and oxygen atoms in total. The van der Waals surface area contributed by atoms with Crippen LogP contribution in [0.3, 0.4) is 0 Å². The van der Waals surface area contributed by atoms with Crippen molar-refractivity contribution in [2.45, 2.75) is 32.4 Å². The summed E-state index contributed by atoms with van der Waals surface area (Å²) in [5, 5.41) is 8.90. The fourth-order valence-electron chi connectivity index (χ4n) is 3.18. The van der Waals surface area contributed by atoms with Crippen LogP contribution in [0.1, 0.15) is 52.1 Å². The Morgan fingerprint density at radius 2 is 1.91 bits per heavy atom. The maximum absolute atomic E-state index is 13.4. The number of carboxylic acids is 1. The molecule has 1 amide bonds. The summed E-state index contributed by atoms with van der Waals surface area (Å²) in [6.45, 7) is 3.74. The smallest absolute Gasteiger partial charge is 0.371 e. The van der Waals surface area contributed by atoms with Crippen molar-refractivity contribution in [3.63, 3.8) is 0 Å². The second-order valence-corrected chi connectivity index (χ2v) is 5.75. The lowest BCUT2D eigenvalue weighted by Crippen LogP contribution is -2.44. The van der Waals surface area contributed by atoms with Crippen molar-refractivity contribution in [2.24, 2.45) is 0 Å². The maximum Gasteiger partial charge on any atom is 0.371 e. The fourth-order valence-corrected chi connectivity index (χ4v) is 3.18. The number of furan rings is 1. The monoisotopic (exact) mass is 317 g/mol. The van der Waals surface area contributed by atoms with Gasteiger partial charge in [0.2, 0.25) is 5.76 Å². The molecule has 0 fully saturated rings. The number of halogens is 1. The van der Waals surface area contributed by atoms with E-state index in [4.69, 9.17) is 9.52 Å². The van der Waals surface area contributed by atoms with E-state index in [-0.39, 0.29) is 35.3 Å². The van der Waals surface area contributed by atoms with E-state index in [1.54, 1.807) is 11.0 Å². The molecule has 1 aliphatic heterocycles. The van der Waals surface area contributed by atoms with Crippen molar-refractivity contribution >= 4 is 11.9 Å². The average Bonchev–Trinajstić information content (AvgIpc) is 2.96. The zero-order valence-corrected chi connectivity index (χ0v) is 12.7. The third-order valence-electron chi connectivity index (χ3n) is 4.22. The molecule has 3 rings (SSSR count). The molecule has 2 heterocycles. The largest absolute Gasteiger partial charge is 0.475 e. The number of hydrogen-bond acceptors (Lipinski definition) is 3. The topological polar surface area (TPSA) is 70.8 Å². The number of nitrogens with zero attached hydrogens (tertiary/aromatic N) is 1. The normalized spacial score (nSPS) is 20.2. The standard InChI is InChI=1S/C17H16FNO4/c1-9-7-11-8-12(18)3-4-13(11)10(2)19(9)16(20)14-5-6-15(23-14)17(21)22/h3-6,8-10H,7H2,1-2H3,(H,21,22). The Bertz CT molecular complexity index is 783. The summed E-state index contributed by atoms with van der Waals surface area (Å²) in [5.41, 5.74) is 1.78. The number of carbonyl (C=O) groups is 2. The van der Waals surface area contributed by atoms with Crippen LogP contribution in [0, 0.1) is 5.82 Å². The molecule has 2 atom stereocenters. The molecule has 0 aliphatic carbocycles. The molecule has 6 heteroatoms. The number of carboxylic acid groups (broad SMARTS) is 1. The van der Waals surface area contributed by atoms with Crippen LogP contribution in [0.5, 0.6) is 0 Å². The molecular weight excluding hydrogens is 301 g/mol. The Kier molecular flexibility index (Phi) is 3.67. The summed E-state index contributed by atoms with van der Waals surface area (Å²) in [6.07, 6.45) is 0.537. The Balaban J connectivity index is 1.94. The molecule has 0 bridgehead atoms. The minimum Gasteiger partial charge on any atom is -0.475 e. The summed E-state index contributed by atoms with van der Waals surface area (Å²) >= 11 is 0. The van der Waals surface area contributed by atoms with Crippen molar-refractivity contribution < 1.29 is 23.5 Å². The van der Waals surface area contributed by atoms with Gasteiger partial charge in [0.25, 0.3) is 5.91 Å². The van der Waals surface area contributed by atoms with Gasteiger partial charge in [-0.15, -0.1) is 0 Å². The van der Waals surface area contributed by atoms with E-state index in [1.165, 1.54) is 24.3 Å². The molecule has 0 spiro atoms. The van der Waals surface area contributed by atoms with Gasteiger partial charge in [0.05, 0.1) is 6.04 Å². The molecule has 2 unspecified atom stereocenters. The van der Waals surface area contributed by atoms with E-state index >= 15 is 0 Å². The SMILES string of the molecule is CC1Cc2cc(F)ccc2C(C)N1C(=O)c1ccc(C(=O)O)o1. The fraction of sp³-hybridized carbons (Fsp3) is 0.294. The number of hydrogen-bond donors (Lipinski definition) is 1. The lowest BCUT2D eigenvalue weighted by molar-refractivity contribution is 0.0539. The zero-order valence-electron chi connectivity index (χ0n) is 12.7. The summed E-state index contributed by atoms with van der Waals surface area (Å²) in [6, 6.07) is 6.80. The molecule has 1 N–H and O–H groups in total. The highest BCUT2D eigenvalue weighted by Crippen LogP contribution is 2.34. The Morgan fingerprint density at radius 3 is 2.57 bits per heavy atom. The Hall–Kier alpha value is -2.63. The minimum absolute atomic E-state index is 0.00772. The van der Waals surface area contributed by atoms with Gasteiger partial charge in [-0.2, -0.15) is 0 Å². The summed E-state index contributed by atoms with van der Waals surface area (Å²) < 4.78 is 18.5. The Morgan fingerprint density at radius 1 is 1.22 bits per heavy atom. The second-order valence-electron chi connectivity index (χ2n) is 5.75. The van der Waals surface area contributed by atoms with Crippen LogP contribution in [0.15, 0.2) is 34.7 Å². The molecule has 0 saturated heterocycles. The van der Waals surface area contributed by atoms with Crippen LogP contribution in [0.2, 0.25) is 0 Å². The van der Waals surface area contributed by atoms with Crippen LogP contribution >= 0.6 is 0 Å². The average molecular weight is 317 g/mol. The van der Waals surface area contributed by atoms with E-state index in [9.17, 15) is 14.0 Å². The van der Waals surface area contributed by atoms with E-state index in [1.807, 2.05) is 13.8 Å². The second kappa shape index (κ2) is 5.53. The highest BCUT2D eigenvalue weighted by molar-refractivity contribution is 5.94. The third kappa shape index (κ3) is 2.60. The van der Waals surface area contributed by atoms with Gasteiger partial charge in [-0.1, -0.05) is 6.07 Å². The predicted molar refractivity (Wildman–Crippen MR) is 79.8 cm³/mol. The van der Waals surface area contributed by atoms with Gasteiger partial charge in [-0.25, -0.2) is 9.18 Å². The number of rotatable bonds is 2. The summed E-state index contributed by atoms with van der Waals surface area (Å²) in [5.74, 6) is -2.16. The predicted octanol–water partition coefficient (Wildman–Crippen LogP) is 3.26. The van der Waals surface area contributed by atoms with E-state index in [0.29, 0.717) is 6.42 Å². The van der Waals surface area contributed by atoms with Crippen LogP contribution in [-0.2, 0) is 6.42 Å². The molecule has 1 aromatic heterocycles. The van der Waals surface area contributed by atoms with Crippen LogP contribution in [-0.4, -0.2) is 27.9 Å². The van der Waals surface area contributed by atoms with Gasteiger partial charge >= 0.3 is 5.97 Å². The van der Waals surface area contributed by atoms with E-state index < -0.39 is 5.97 Å². The van der Waals surface area contributed by atoms with Crippen LogP contribution < -0.4 is 0 Å². The van der Waals surface area contributed by atoms with Crippen LogP contribution in [0.4, 0.5) is 4.39 Å². The number of carbonyl (C=O) groups excluding carboxylic acids is 1. The van der Waals surface area contributed by atoms with Gasteiger partial charge in [0.1, 0.15) is 5.82 Å². The lowest BCUT2D eigenvalue weighted by atomic mass is 9.89. The van der Waals surface area contributed by atoms with E-state index in [0.717, 1.165) is 11.1 Å². The number of amides is 1. The third-order valence-corrected chi connectivity index (χ3v) is 4.22. The molecule has 0 radical (unpaired) electrons. The van der Waals surface area contributed by atoms with Gasteiger partial charge in [-0.05, 0) is 55.7 Å². The lowest BCUT2D eigenvalue weighted by Gasteiger charge is -2.40. The number of aromatic carboxylic acids is 1. The molecule has 23 heavy (non-hydrogen) atoms. The molecular formula is C17H16FNO4. The van der Waals surface area contributed by atoms with Crippen molar-refractivity contribution in [3.05, 3.63) is 58.8 Å². The number of benzene rings is 1. The Labute approximate surface area is 132 Å². The minimum atomic E-state index is -1.22. The van der Waals surface area contributed by atoms with Crippen molar-refractivity contribution in [1.29, 1.82) is 0 Å². The van der Waals surface area contributed by atoms with Gasteiger partial charge in [0, 0.05) is 6.04 Å². The first-order valence-electron chi connectivity index (χ1n) is 7.32. The summed E-state index contributed by atoms with van der Waals surface area (Å²) in [4.78, 5) is 25.2. The molecule has 1 aromatic carbocycles. The molecule has 1 aliphatic rings. The van der Waals surface area contributed by atoms with Crippen LogP contribution in [0.25, 0.3) is 0 Å². The zero-order chi connectivity index (χ0) is 16.7. The van der Waals surface area contributed by atoms with Gasteiger partial charge < -0.3 is 14.4 Å². The summed E-state index contributed by atoms with van der Waals surface area (Å²) in [7, 11) is 0. The molecule has 120 valence electrons. The van der Waals surface area contributed by atoms with Crippen molar-refractivity contribution in [3.8, 4) is 0 Å². The first-order chi connectivity index (χ1) is 10.9. The van der Waals surface area contributed by atoms with Gasteiger partial charge in [0.15, 0.2) is 5.76 Å². The molecule has 2 aromatic rings. The molecule has 0 saturated carbocycles. The highest BCUT2D eigenvalue weighted by atomic mass is 19.1. The maximum atomic E-state index is 13.4.